The van der Waals surface area contributed by atoms with E-state index in [1.807, 2.05) is 60.7 Å². The predicted octanol–water partition coefficient (Wildman–Crippen LogP) is 3.80. The lowest BCUT2D eigenvalue weighted by Gasteiger charge is -2.08. The Bertz CT molecular complexity index is 860. The monoisotopic (exact) mass is 344 g/mol. The highest BCUT2D eigenvalue weighted by Crippen LogP contribution is 2.12. The summed E-state index contributed by atoms with van der Waals surface area (Å²) in [7, 11) is 0. The van der Waals surface area contributed by atoms with Crippen LogP contribution in [0.3, 0.4) is 0 Å². The van der Waals surface area contributed by atoms with Gasteiger partial charge in [-0.2, -0.15) is 0 Å². The third kappa shape index (κ3) is 5.05. The van der Waals surface area contributed by atoms with Crippen LogP contribution in [0, 0.1) is 0 Å². The molecule has 0 heterocycles. The normalized spacial score (nSPS) is 10.2. The van der Waals surface area contributed by atoms with Gasteiger partial charge in [-0.05, 0) is 35.4 Å². The molecule has 0 aliphatic rings. The smallest absolute Gasteiger partial charge is 0.255 e. The van der Waals surface area contributed by atoms with Gasteiger partial charge >= 0.3 is 0 Å². The van der Waals surface area contributed by atoms with E-state index in [2.05, 4.69) is 10.6 Å². The zero-order valence-corrected chi connectivity index (χ0v) is 14.3. The average Bonchev–Trinajstić information content (AvgIpc) is 2.69. The molecule has 26 heavy (non-hydrogen) atoms. The molecule has 0 fully saturated rings. The maximum absolute atomic E-state index is 12.1. The second-order valence-corrected chi connectivity index (χ2v) is 5.96. The van der Waals surface area contributed by atoms with Gasteiger partial charge in [0, 0.05) is 17.8 Å². The molecule has 0 aromatic heterocycles. The van der Waals surface area contributed by atoms with Gasteiger partial charge in [0.15, 0.2) is 0 Å². The molecule has 3 rings (SSSR count). The Morgan fingerprint density at radius 2 is 1.31 bits per heavy atom. The minimum Gasteiger partial charge on any atom is -0.352 e. The van der Waals surface area contributed by atoms with Crippen LogP contribution in [0.25, 0.3) is 0 Å². The molecule has 0 spiro atoms. The van der Waals surface area contributed by atoms with Crippen LogP contribution in [-0.4, -0.2) is 11.8 Å². The van der Waals surface area contributed by atoms with Crippen molar-refractivity contribution >= 4 is 17.5 Å². The van der Waals surface area contributed by atoms with E-state index in [1.165, 1.54) is 0 Å². The SMILES string of the molecule is O=C(Cc1ccc(NC(=O)c2ccccc2)cc1)NCc1ccccc1. The molecular formula is C22H20N2O2. The summed E-state index contributed by atoms with van der Waals surface area (Å²) >= 11 is 0. The summed E-state index contributed by atoms with van der Waals surface area (Å²) in [6.45, 7) is 0.519. The van der Waals surface area contributed by atoms with Crippen molar-refractivity contribution in [2.45, 2.75) is 13.0 Å². The molecule has 0 saturated heterocycles. The Balaban J connectivity index is 1.51. The van der Waals surface area contributed by atoms with Gasteiger partial charge in [-0.3, -0.25) is 9.59 Å². The third-order valence-electron chi connectivity index (χ3n) is 3.94. The molecule has 4 nitrogen and oxygen atoms in total. The summed E-state index contributed by atoms with van der Waals surface area (Å²) in [5.41, 5.74) is 3.28. The van der Waals surface area contributed by atoms with Gasteiger partial charge in [-0.15, -0.1) is 0 Å². The van der Waals surface area contributed by atoms with Crippen molar-refractivity contribution in [3.05, 3.63) is 102 Å². The highest BCUT2D eigenvalue weighted by molar-refractivity contribution is 6.04. The lowest BCUT2D eigenvalue weighted by atomic mass is 10.1. The van der Waals surface area contributed by atoms with Crippen LogP contribution < -0.4 is 10.6 Å². The molecule has 2 amide bonds. The Labute approximate surface area is 152 Å². The van der Waals surface area contributed by atoms with E-state index in [9.17, 15) is 9.59 Å². The van der Waals surface area contributed by atoms with Gasteiger partial charge in [0.05, 0.1) is 6.42 Å². The number of benzene rings is 3. The van der Waals surface area contributed by atoms with Crippen molar-refractivity contribution in [3.8, 4) is 0 Å². The first-order valence-electron chi connectivity index (χ1n) is 8.47. The number of anilines is 1. The zero-order valence-electron chi connectivity index (χ0n) is 14.3. The average molecular weight is 344 g/mol. The van der Waals surface area contributed by atoms with Gasteiger partial charge in [0.2, 0.25) is 5.91 Å². The van der Waals surface area contributed by atoms with Crippen molar-refractivity contribution < 1.29 is 9.59 Å². The number of amides is 2. The molecule has 0 unspecified atom stereocenters. The summed E-state index contributed by atoms with van der Waals surface area (Å²) in [6.07, 6.45) is 0.305. The number of carbonyl (C=O) groups excluding carboxylic acids is 2. The van der Waals surface area contributed by atoms with Crippen molar-refractivity contribution in [2.24, 2.45) is 0 Å². The van der Waals surface area contributed by atoms with Crippen LogP contribution in [0.5, 0.6) is 0 Å². The molecule has 0 atom stereocenters. The summed E-state index contributed by atoms with van der Waals surface area (Å²) in [4.78, 5) is 24.2. The Morgan fingerprint density at radius 1 is 0.692 bits per heavy atom. The molecule has 130 valence electrons. The van der Waals surface area contributed by atoms with Gasteiger partial charge in [0.1, 0.15) is 0 Å². The fourth-order valence-corrected chi connectivity index (χ4v) is 2.54. The number of hydrogen-bond acceptors (Lipinski definition) is 2. The van der Waals surface area contributed by atoms with Crippen LogP contribution in [0.2, 0.25) is 0 Å². The Kier molecular flexibility index (Phi) is 5.78. The molecule has 0 radical (unpaired) electrons. The second-order valence-electron chi connectivity index (χ2n) is 5.96. The van der Waals surface area contributed by atoms with Crippen molar-refractivity contribution in [1.82, 2.24) is 5.32 Å². The fraction of sp³-hybridized carbons (Fsp3) is 0.0909. The van der Waals surface area contributed by atoms with E-state index < -0.39 is 0 Å². The summed E-state index contributed by atoms with van der Waals surface area (Å²) in [5, 5.41) is 5.75. The van der Waals surface area contributed by atoms with Crippen LogP contribution in [0.4, 0.5) is 5.69 Å². The minimum atomic E-state index is -0.154. The Hall–Kier alpha value is -3.40. The van der Waals surface area contributed by atoms with Crippen LogP contribution in [0.1, 0.15) is 21.5 Å². The third-order valence-corrected chi connectivity index (χ3v) is 3.94. The Morgan fingerprint density at radius 3 is 1.96 bits per heavy atom. The summed E-state index contributed by atoms with van der Waals surface area (Å²) in [5.74, 6) is -0.186. The van der Waals surface area contributed by atoms with Crippen molar-refractivity contribution in [2.75, 3.05) is 5.32 Å². The van der Waals surface area contributed by atoms with Gasteiger partial charge in [0.25, 0.3) is 5.91 Å². The van der Waals surface area contributed by atoms with Gasteiger partial charge in [-0.1, -0.05) is 60.7 Å². The van der Waals surface area contributed by atoms with Crippen LogP contribution >= 0.6 is 0 Å². The fourth-order valence-electron chi connectivity index (χ4n) is 2.54. The first-order chi connectivity index (χ1) is 12.7. The largest absolute Gasteiger partial charge is 0.352 e. The molecule has 0 saturated carbocycles. The predicted molar refractivity (Wildman–Crippen MR) is 103 cm³/mol. The molecule has 0 bridgehead atoms. The first-order valence-corrected chi connectivity index (χ1v) is 8.47. The number of hydrogen-bond donors (Lipinski definition) is 2. The quantitative estimate of drug-likeness (QED) is 0.715. The molecule has 2 N–H and O–H groups in total. The zero-order chi connectivity index (χ0) is 18.2. The molecule has 0 aliphatic carbocycles. The maximum Gasteiger partial charge on any atom is 0.255 e. The molecule has 3 aromatic carbocycles. The standard InChI is InChI=1S/C22H20N2O2/c25-21(23-16-18-7-3-1-4-8-18)15-17-11-13-20(14-12-17)24-22(26)19-9-5-2-6-10-19/h1-14H,15-16H2,(H,23,25)(H,24,26). The van der Waals surface area contributed by atoms with E-state index >= 15 is 0 Å². The number of nitrogens with one attached hydrogen (secondary N) is 2. The lowest BCUT2D eigenvalue weighted by Crippen LogP contribution is -2.24. The molecule has 0 aliphatic heterocycles. The number of rotatable bonds is 6. The highest BCUT2D eigenvalue weighted by Gasteiger charge is 2.06. The minimum absolute atomic E-state index is 0.0325. The van der Waals surface area contributed by atoms with E-state index in [-0.39, 0.29) is 11.8 Å². The van der Waals surface area contributed by atoms with E-state index in [1.54, 1.807) is 24.3 Å². The second kappa shape index (κ2) is 8.62. The van der Waals surface area contributed by atoms with Gasteiger partial charge in [-0.25, -0.2) is 0 Å². The highest BCUT2D eigenvalue weighted by atomic mass is 16.2. The summed E-state index contributed by atoms with van der Waals surface area (Å²) < 4.78 is 0. The van der Waals surface area contributed by atoms with Gasteiger partial charge < -0.3 is 10.6 Å². The van der Waals surface area contributed by atoms with Crippen molar-refractivity contribution in [3.63, 3.8) is 0 Å². The van der Waals surface area contributed by atoms with Crippen LogP contribution in [0.15, 0.2) is 84.9 Å². The van der Waals surface area contributed by atoms with E-state index in [0.29, 0.717) is 24.2 Å². The molecular weight excluding hydrogens is 324 g/mol. The first kappa shape index (κ1) is 17.4. The summed E-state index contributed by atoms with van der Waals surface area (Å²) in [6, 6.07) is 26.2. The molecule has 3 aromatic rings. The van der Waals surface area contributed by atoms with E-state index in [0.717, 1.165) is 11.1 Å². The maximum atomic E-state index is 12.1. The van der Waals surface area contributed by atoms with E-state index in [4.69, 9.17) is 0 Å². The van der Waals surface area contributed by atoms with Crippen LogP contribution in [-0.2, 0) is 17.8 Å². The number of carbonyl (C=O) groups is 2. The lowest BCUT2D eigenvalue weighted by molar-refractivity contribution is -0.120. The molecule has 4 heteroatoms. The van der Waals surface area contributed by atoms with Crippen molar-refractivity contribution in [1.29, 1.82) is 0 Å². The topological polar surface area (TPSA) is 58.2 Å².